The molecule has 1 amide bonds. The molecule has 0 bridgehead atoms. The number of ether oxygens (including phenoxy) is 3. The molecule has 1 atom stereocenters. The lowest BCUT2D eigenvalue weighted by molar-refractivity contribution is -0.126. The van der Waals surface area contributed by atoms with Crippen LogP contribution in [0.4, 0.5) is 0 Å². The first-order valence-corrected chi connectivity index (χ1v) is 8.92. The van der Waals surface area contributed by atoms with Gasteiger partial charge in [0.2, 0.25) is 5.91 Å². The number of para-hydroxylation sites is 1. The van der Waals surface area contributed by atoms with E-state index in [9.17, 15) is 4.79 Å². The summed E-state index contributed by atoms with van der Waals surface area (Å²) >= 11 is 0. The fraction of sp³-hybridized carbons (Fsp3) is 0.611. The Morgan fingerprint density at radius 3 is 2.70 bits per heavy atom. The average molecular weight is 422 g/mol. The van der Waals surface area contributed by atoms with Gasteiger partial charge in [0.05, 0.1) is 26.4 Å². The number of carbonyl (C=O) groups excluding carboxylic acids is 1. The van der Waals surface area contributed by atoms with Gasteiger partial charge in [-0.05, 0) is 6.07 Å². The topological polar surface area (TPSA) is 72.1 Å². The summed E-state index contributed by atoms with van der Waals surface area (Å²) < 4.78 is 16.6. The first-order valence-electron chi connectivity index (χ1n) is 8.92. The van der Waals surface area contributed by atoms with E-state index < -0.39 is 0 Å². The third-order valence-electron chi connectivity index (χ3n) is 4.43. The molecule has 27 heavy (non-hydrogen) atoms. The predicted octanol–water partition coefficient (Wildman–Crippen LogP) is 0.846. The van der Waals surface area contributed by atoms with Crippen molar-refractivity contribution in [3.05, 3.63) is 29.8 Å². The van der Waals surface area contributed by atoms with Crippen LogP contribution in [0.2, 0.25) is 0 Å². The number of carbonyl (C=O) groups is 1. The third-order valence-corrected chi connectivity index (χ3v) is 4.43. The SMILES string of the molecule is Cl.Cl.O=C(NCc1ccccc1OCCN1CCOCC1)C1COCCN1. The molecule has 0 aromatic heterocycles. The van der Waals surface area contributed by atoms with E-state index in [2.05, 4.69) is 15.5 Å². The van der Waals surface area contributed by atoms with Crippen molar-refractivity contribution in [3.8, 4) is 5.75 Å². The molecule has 1 unspecified atom stereocenters. The van der Waals surface area contributed by atoms with E-state index in [1.807, 2.05) is 24.3 Å². The Labute approximate surface area is 172 Å². The van der Waals surface area contributed by atoms with Crippen LogP contribution >= 0.6 is 24.8 Å². The summed E-state index contributed by atoms with van der Waals surface area (Å²) in [6.07, 6.45) is 0. The quantitative estimate of drug-likeness (QED) is 0.679. The minimum Gasteiger partial charge on any atom is -0.492 e. The number of amides is 1. The molecule has 0 spiro atoms. The molecule has 9 heteroatoms. The third kappa shape index (κ3) is 7.81. The fourth-order valence-electron chi connectivity index (χ4n) is 2.94. The van der Waals surface area contributed by atoms with E-state index in [1.165, 1.54) is 0 Å². The van der Waals surface area contributed by atoms with Crippen molar-refractivity contribution in [1.82, 2.24) is 15.5 Å². The van der Waals surface area contributed by atoms with Gasteiger partial charge in [0.25, 0.3) is 0 Å². The number of hydrogen-bond donors (Lipinski definition) is 2. The lowest BCUT2D eigenvalue weighted by atomic mass is 10.2. The molecule has 0 radical (unpaired) electrons. The van der Waals surface area contributed by atoms with Crippen molar-refractivity contribution in [2.24, 2.45) is 0 Å². The van der Waals surface area contributed by atoms with Crippen molar-refractivity contribution >= 4 is 30.7 Å². The molecule has 2 aliphatic heterocycles. The summed E-state index contributed by atoms with van der Waals surface area (Å²) in [7, 11) is 0. The molecule has 3 rings (SSSR count). The number of nitrogens with one attached hydrogen (secondary N) is 2. The number of benzene rings is 1. The molecular weight excluding hydrogens is 393 g/mol. The van der Waals surface area contributed by atoms with E-state index in [1.54, 1.807) is 0 Å². The van der Waals surface area contributed by atoms with Gasteiger partial charge >= 0.3 is 0 Å². The van der Waals surface area contributed by atoms with Gasteiger partial charge in [-0.15, -0.1) is 24.8 Å². The van der Waals surface area contributed by atoms with Crippen molar-refractivity contribution in [2.75, 3.05) is 59.2 Å². The maximum Gasteiger partial charge on any atom is 0.239 e. The molecule has 2 fully saturated rings. The smallest absolute Gasteiger partial charge is 0.239 e. The zero-order valence-corrected chi connectivity index (χ0v) is 17.0. The standard InChI is InChI=1S/C18H27N3O4.2ClH/c22-18(16-14-24-9-5-19-16)20-13-15-3-1-2-4-17(15)25-12-8-21-6-10-23-11-7-21;;/h1-4,16,19H,5-14H2,(H,20,22);2*1H. The van der Waals surface area contributed by atoms with Crippen LogP contribution in [0.25, 0.3) is 0 Å². The highest BCUT2D eigenvalue weighted by Gasteiger charge is 2.21. The molecular formula is C18H29Cl2N3O4. The zero-order chi connectivity index (χ0) is 17.3. The van der Waals surface area contributed by atoms with Gasteiger partial charge in [0.1, 0.15) is 18.4 Å². The maximum absolute atomic E-state index is 12.2. The normalized spacial score (nSPS) is 20.1. The molecule has 2 aliphatic rings. The number of rotatable bonds is 7. The van der Waals surface area contributed by atoms with Gasteiger partial charge in [-0.25, -0.2) is 0 Å². The number of hydrogen-bond acceptors (Lipinski definition) is 6. The van der Waals surface area contributed by atoms with Crippen LogP contribution in [0.1, 0.15) is 5.56 Å². The minimum atomic E-state index is -0.275. The molecule has 7 nitrogen and oxygen atoms in total. The predicted molar refractivity (Wildman–Crippen MR) is 108 cm³/mol. The van der Waals surface area contributed by atoms with Gasteiger partial charge < -0.3 is 24.8 Å². The largest absolute Gasteiger partial charge is 0.492 e. The summed E-state index contributed by atoms with van der Waals surface area (Å²) in [4.78, 5) is 14.5. The summed E-state index contributed by atoms with van der Waals surface area (Å²) in [5.41, 5.74) is 0.981. The lowest BCUT2D eigenvalue weighted by Gasteiger charge is -2.26. The Balaban J connectivity index is 0.00000182. The summed E-state index contributed by atoms with van der Waals surface area (Å²) in [6.45, 7) is 7.24. The minimum absolute atomic E-state index is 0. The first kappa shape index (κ1) is 23.9. The molecule has 1 aromatic rings. The highest BCUT2D eigenvalue weighted by Crippen LogP contribution is 2.17. The molecule has 0 aliphatic carbocycles. The second-order valence-electron chi connectivity index (χ2n) is 6.21. The van der Waals surface area contributed by atoms with Crippen LogP contribution in [0, 0.1) is 0 Å². The van der Waals surface area contributed by atoms with E-state index in [-0.39, 0.29) is 36.8 Å². The van der Waals surface area contributed by atoms with Crippen LogP contribution in [0.3, 0.4) is 0 Å². The highest BCUT2D eigenvalue weighted by atomic mass is 35.5. The van der Waals surface area contributed by atoms with E-state index in [0.717, 1.165) is 44.2 Å². The van der Waals surface area contributed by atoms with Gasteiger partial charge in [-0.2, -0.15) is 0 Å². The molecule has 2 heterocycles. The van der Waals surface area contributed by atoms with Crippen LogP contribution < -0.4 is 15.4 Å². The van der Waals surface area contributed by atoms with Crippen molar-refractivity contribution < 1.29 is 19.0 Å². The van der Waals surface area contributed by atoms with E-state index in [4.69, 9.17) is 14.2 Å². The van der Waals surface area contributed by atoms with Gasteiger partial charge in [0, 0.05) is 38.3 Å². The van der Waals surface area contributed by atoms with Crippen LogP contribution in [0.15, 0.2) is 24.3 Å². The monoisotopic (exact) mass is 421 g/mol. The first-order chi connectivity index (χ1) is 12.3. The summed E-state index contributed by atoms with van der Waals surface area (Å²) in [5.74, 6) is 0.784. The van der Waals surface area contributed by atoms with Crippen LogP contribution in [-0.4, -0.2) is 76.1 Å². The summed E-state index contributed by atoms with van der Waals surface area (Å²) in [5, 5.41) is 6.12. The summed E-state index contributed by atoms with van der Waals surface area (Å²) in [6, 6.07) is 7.56. The zero-order valence-electron chi connectivity index (χ0n) is 15.4. The van der Waals surface area contributed by atoms with Gasteiger partial charge in [-0.1, -0.05) is 18.2 Å². The second-order valence-corrected chi connectivity index (χ2v) is 6.21. The van der Waals surface area contributed by atoms with Gasteiger partial charge in [0.15, 0.2) is 0 Å². The Morgan fingerprint density at radius 1 is 1.19 bits per heavy atom. The molecule has 154 valence electrons. The van der Waals surface area contributed by atoms with Gasteiger partial charge in [-0.3, -0.25) is 9.69 Å². The van der Waals surface area contributed by atoms with Crippen molar-refractivity contribution in [2.45, 2.75) is 12.6 Å². The number of nitrogens with zero attached hydrogens (tertiary/aromatic N) is 1. The Bertz CT molecular complexity index is 553. The average Bonchev–Trinajstić information content (AvgIpc) is 2.68. The second kappa shape index (κ2) is 13.1. The Morgan fingerprint density at radius 2 is 1.96 bits per heavy atom. The molecule has 0 saturated carbocycles. The molecule has 2 saturated heterocycles. The molecule has 2 N–H and O–H groups in total. The van der Waals surface area contributed by atoms with E-state index in [0.29, 0.717) is 32.9 Å². The lowest BCUT2D eigenvalue weighted by Crippen LogP contribution is -2.51. The fourth-order valence-corrected chi connectivity index (χ4v) is 2.94. The Hall–Kier alpha value is -1.09. The van der Waals surface area contributed by atoms with Crippen molar-refractivity contribution in [3.63, 3.8) is 0 Å². The Kier molecular flexibility index (Phi) is 11.7. The number of morpholine rings is 2. The highest BCUT2D eigenvalue weighted by molar-refractivity contribution is 5.85. The van der Waals surface area contributed by atoms with Crippen molar-refractivity contribution in [1.29, 1.82) is 0 Å². The molecule has 1 aromatic carbocycles. The maximum atomic E-state index is 12.2. The van der Waals surface area contributed by atoms with E-state index >= 15 is 0 Å². The number of halogens is 2. The van der Waals surface area contributed by atoms with Crippen LogP contribution in [-0.2, 0) is 20.8 Å². The van der Waals surface area contributed by atoms with Crippen LogP contribution in [0.5, 0.6) is 5.75 Å².